The second-order valence-corrected chi connectivity index (χ2v) is 2.07. The molecule has 0 unspecified atom stereocenters. The first-order valence-electron chi connectivity index (χ1n) is 3.62. The van der Waals surface area contributed by atoms with E-state index in [2.05, 4.69) is 6.92 Å². The van der Waals surface area contributed by atoms with E-state index in [9.17, 15) is 9.59 Å². The molecule has 0 rings (SSSR count). The molecule has 6 heteroatoms. The SMILES string of the molecule is CCCC[NH-].O=C(O)CC(=O)O.[Pt+2]. The van der Waals surface area contributed by atoms with Crippen molar-refractivity contribution in [1.29, 1.82) is 0 Å². The summed E-state index contributed by atoms with van der Waals surface area (Å²) in [7, 11) is 0. The molecule has 0 saturated heterocycles. The molecule has 0 aromatic carbocycles. The van der Waals surface area contributed by atoms with Gasteiger partial charge in [-0.3, -0.25) is 9.59 Å². The van der Waals surface area contributed by atoms with Gasteiger partial charge >= 0.3 is 33.0 Å². The van der Waals surface area contributed by atoms with Crippen LogP contribution in [0.5, 0.6) is 0 Å². The van der Waals surface area contributed by atoms with Crippen molar-refractivity contribution in [2.45, 2.75) is 26.2 Å². The summed E-state index contributed by atoms with van der Waals surface area (Å²) in [5.41, 5.74) is 6.60. The van der Waals surface area contributed by atoms with E-state index in [4.69, 9.17) is 15.9 Å². The van der Waals surface area contributed by atoms with E-state index in [-0.39, 0.29) is 21.1 Å². The van der Waals surface area contributed by atoms with E-state index in [1.165, 1.54) is 0 Å². The molecule has 0 fully saturated rings. The molecule has 0 spiro atoms. The van der Waals surface area contributed by atoms with Crippen molar-refractivity contribution in [2.24, 2.45) is 0 Å². The fourth-order valence-electron chi connectivity index (χ4n) is 0.306. The zero-order chi connectivity index (χ0) is 9.98. The number of rotatable bonds is 4. The van der Waals surface area contributed by atoms with Gasteiger partial charge in [0.15, 0.2) is 0 Å². The van der Waals surface area contributed by atoms with Crippen molar-refractivity contribution >= 4 is 11.9 Å². The number of aliphatic carboxylic acids is 2. The third kappa shape index (κ3) is 34.1. The Hall–Kier alpha value is -0.412. The van der Waals surface area contributed by atoms with Crippen LogP contribution in [0.1, 0.15) is 26.2 Å². The summed E-state index contributed by atoms with van der Waals surface area (Å²) in [5.74, 6) is -2.62. The van der Waals surface area contributed by atoms with Crippen LogP contribution in [-0.4, -0.2) is 28.7 Å². The molecule has 0 saturated carbocycles. The molecular formula is C7H14NO4Pt+. The number of unbranched alkanes of at least 4 members (excludes halogenated alkanes) is 1. The number of nitrogens with one attached hydrogen (secondary N) is 1. The predicted octanol–water partition coefficient (Wildman–Crippen LogP) is 1.38. The van der Waals surface area contributed by atoms with Gasteiger partial charge < -0.3 is 15.9 Å². The zero-order valence-corrected chi connectivity index (χ0v) is 9.63. The molecular weight excluding hydrogens is 357 g/mol. The van der Waals surface area contributed by atoms with Gasteiger partial charge in [-0.05, 0) is 0 Å². The molecule has 5 nitrogen and oxygen atoms in total. The van der Waals surface area contributed by atoms with E-state index < -0.39 is 18.4 Å². The van der Waals surface area contributed by atoms with Gasteiger partial charge in [0.2, 0.25) is 0 Å². The quantitative estimate of drug-likeness (QED) is 0.730. The van der Waals surface area contributed by atoms with Gasteiger partial charge in [0.1, 0.15) is 6.42 Å². The Morgan fingerprint density at radius 1 is 1.23 bits per heavy atom. The van der Waals surface area contributed by atoms with Crippen molar-refractivity contribution in [2.75, 3.05) is 6.54 Å². The van der Waals surface area contributed by atoms with Crippen molar-refractivity contribution in [3.05, 3.63) is 5.73 Å². The molecule has 0 bridgehead atoms. The summed E-state index contributed by atoms with van der Waals surface area (Å²) in [6, 6.07) is 0. The Labute approximate surface area is 91.6 Å². The molecule has 0 heterocycles. The van der Waals surface area contributed by atoms with Crippen LogP contribution >= 0.6 is 0 Å². The number of hydrogen-bond acceptors (Lipinski definition) is 2. The van der Waals surface area contributed by atoms with Crippen LogP contribution in [-0.2, 0) is 30.7 Å². The van der Waals surface area contributed by atoms with E-state index in [0.29, 0.717) is 6.54 Å². The smallest absolute Gasteiger partial charge is 0.677 e. The summed E-state index contributed by atoms with van der Waals surface area (Å²) in [6.45, 7) is 2.69. The fourth-order valence-corrected chi connectivity index (χ4v) is 0.306. The summed E-state index contributed by atoms with van der Waals surface area (Å²) in [4.78, 5) is 18.9. The van der Waals surface area contributed by atoms with E-state index in [1.54, 1.807) is 0 Å². The van der Waals surface area contributed by atoms with Gasteiger partial charge in [-0.15, -0.1) is 0 Å². The Morgan fingerprint density at radius 3 is 1.62 bits per heavy atom. The first-order valence-corrected chi connectivity index (χ1v) is 3.62. The van der Waals surface area contributed by atoms with Crippen LogP contribution in [0, 0.1) is 0 Å². The molecule has 13 heavy (non-hydrogen) atoms. The topological polar surface area (TPSA) is 98.4 Å². The predicted molar refractivity (Wildman–Crippen MR) is 44.0 cm³/mol. The summed E-state index contributed by atoms with van der Waals surface area (Å²) < 4.78 is 0. The molecule has 0 aliphatic rings. The third-order valence-electron chi connectivity index (χ3n) is 0.833. The van der Waals surface area contributed by atoms with Crippen LogP contribution < -0.4 is 0 Å². The van der Waals surface area contributed by atoms with Gasteiger partial charge in [0.05, 0.1) is 0 Å². The summed E-state index contributed by atoms with van der Waals surface area (Å²) in [5, 5.41) is 15.4. The number of carboxylic acid groups (broad SMARTS) is 2. The minimum Gasteiger partial charge on any atom is -0.677 e. The maximum Gasteiger partial charge on any atom is 2.00 e. The Kier molecular flexibility index (Phi) is 20.0. The average Bonchev–Trinajstić information content (AvgIpc) is 1.87. The molecule has 0 aliphatic heterocycles. The second kappa shape index (κ2) is 14.1. The number of carbonyl (C=O) groups is 2. The normalized spacial score (nSPS) is 7.54. The van der Waals surface area contributed by atoms with Crippen LogP contribution in [0.25, 0.3) is 5.73 Å². The van der Waals surface area contributed by atoms with Gasteiger partial charge in [-0.1, -0.05) is 19.8 Å². The fraction of sp³-hybridized carbons (Fsp3) is 0.714. The minimum absolute atomic E-state index is 0. The molecule has 0 atom stereocenters. The largest absolute Gasteiger partial charge is 2.00 e. The van der Waals surface area contributed by atoms with Gasteiger partial charge in [0, 0.05) is 0 Å². The molecule has 0 aromatic rings. The second-order valence-electron chi connectivity index (χ2n) is 2.07. The van der Waals surface area contributed by atoms with Gasteiger partial charge in [0.25, 0.3) is 0 Å². The van der Waals surface area contributed by atoms with Crippen molar-refractivity contribution in [3.63, 3.8) is 0 Å². The van der Waals surface area contributed by atoms with Crippen LogP contribution in [0.15, 0.2) is 0 Å². The molecule has 0 radical (unpaired) electrons. The van der Waals surface area contributed by atoms with Crippen molar-refractivity contribution in [3.8, 4) is 0 Å². The van der Waals surface area contributed by atoms with Gasteiger partial charge in [-0.25, -0.2) is 0 Å². The summed E-state index contributed by atoms with van der Waals surface area (Å²) >= 11 is 0. The van der Waals surface area contributed by atoms with E-state index in [1.807, 2.05) is 0 Å². The third-order valence-corrected chi connectivity index (χ3v) is 0.833. The maximum absolute atomic E-state index is 9.43. The first-order chi connectivity index (χ1) is 5.54. The molecule has 0 aliphatic carbocycles. The molecule has 0 aromatic heterocycles. The van der Waals surface area contributed by atoms with E-state index >= 15 is 0 Å². The number of carboxylic acids is 2. The molecule has 3 N–H and O–H groups in total. The average molecular weight is 371 g/mol. The van der Waals surface area contributed by atoms with Crippen molar-refractivity contribution in [1.82, 2.24) is 0 Å². The number of hydrogen-bond donors (Lipinski definition) is 2. The van der Waals surface area contributed by atoms with Crippen LogP contribution in [0.3, 0.4) is 0 Å². The minimum atomic E-state index is -1.31. The maximum atomic E-state index is 9.43. The van der Waals surface area contributed by atoms with Gasteiger partial charge in [-0.2, -0.15) is 6.54 Å². The molecule has 0 amide bonds. The Bertz CT molecular complexity index is 126. The summed E-state index contributed by atoms with van der Waals surface area (Å²) in [6.07, 6.45) is 1.41. The monoisotopic (exact) mass is 371 g/mol. The Balaban J connectivity index is -0.000000150. The van der Waals surface area contributed by atoms with Crippen LogP contribution in [0.4, 0.5) is 0 Å². The van der Waals surface area contributed by atoms with Crippen LogP contribution in [0.2, 0.25) is 0 Å². The zero-order valence-electron chi connectivity index (χ0n) is 7.36. The Morgan fingerprint density at radius 2 is 1.62 bits per heavy atom. The standard InChI is InChI=1S/C4H10N.C3H4O4.Pt/c1-2-3-4-5;4-2(5)1-3(6)7;/h5H,2-4H2,1H3;1H2,(H,4,5)(H,6,7);/q-1;;+2. The van der Waals surface area contributed by atoms with E-state index in [0.717, 1.165) is 12.8 Å². The first kappa shape index (κ1) is 18.4. The van der Waals surface area contributed by atoms with Crippen molar-refractivity contribution < 1.29 is 40.9 Å². The molecule has 80 valence electrons.